The molecule has 3 aromatic rings. The number of carboxylic acid groups (broad SMARTS) is 1. The second kappa shape index (κ2) is 10.7. The van der Waals surface area contributed by atoms with Crippen LogP contribution in [0.3, 0.4) is 0 Å². The highest BCUT2D eigenvalue weighted by Crippen LogP contribution is 2.45. The van der Waals surface area contributed by atoms with Crippen molar-refractivity contribution >= 4 is 56.4 Å². The van der Waals surface area contributed by atoms with Crippen LogP contribution >= 0.6 is 15.9 Å². The van der Waals surface area contributed by atoms with Crippen molar-refractivity contribution in [1.29, 1.82) is 0 Å². The maximum absolute atomic E-state index is 12.2. The first-order valence-corrected chi connectivity index (χ1v) is 13.8. The Labute approximate surface area is 245 Å². The Morgan fingerprint density at radius 3 is 2.66 bits per heavy atom. The minimum absolute atomic E-state index is 0.0653. The van der Waals surface area contributed by atoms with Crippen LogP contribution in [-0.2, 0) is 5.41 Å². The smallest absolute Gasteiger partial charge is 0.341 e. The van der Waals surface area contributed by atoms with Gasteiger partial charge in [0.05, 0.1) is 29.1 Å². The molecule has 1 fully saturated rings. The van der Waals surface area contributed by atoms with Gasteiger partial charge in [0.25, 0.3) is 5.69 Å². The molecule has 2 aliphatic rings. The molecule has 13 nitrogen and oxygen atoms in total. The van der Waals surface area contributed by atoms with Crippen molar-refractivity contribution in [3.05, 3.63) is 56.4 Å². The number of nitrogens with one attached hydrogen (secondary N) is 1. The van der Waals surface area contributed by atoms with E-state index >= 15 is 0 Å². The predicted molar refractivity (Wildman–Crippen MR) is 158 cm³/mol. The highest BCUT2D eigenvalue weighted by atomic mass is 79.9. The summed E-state index contributed by atoms with van der Waals surface area (Å²) >= 11 is 3.42. The number of nitro groups is 1. The summed E-state index contributed by atoms with van der Waals surface area (Å²) in [4.78, 5) is 43.2. The second-order valence-electron chi connectivity index (χ2n) is 11.0. The molecule has 0 spiro atoms. The van der Waals surface area contributed by atoms with Crippen molar-refractivity contribution in [2.45, 2.75) is 31.7 Å². The standard InChI is InChI=1S/C27H31BrN8O5/c1-27(2)14-35(18-6-7-22(28)31-23(18)27)24-16(25(37)38)12-29-26(32-24)30-17-10-20(36(39)40)19(11-21(17)41-5)34-9-8-15(13-34)33(3)4/h6-7,10-12,15H,8-9,13-14H2,1-5H3,(H,37,38)(H,29,30,32)/t15-/m1/s1. The molecule has 1 atom stereocenters. The molecule has 41 heavy (non-hydrogen) atoms. The first kappa shape index (κ1) is 28.5. The van der Waals surface area contributed by atoms with Gasteiger partial charge in [0.2, 0.25) is 5.95 Å². The number of nitro benzene ring substituents is 1. The Bertz CT molecular complexity index is 1530. The largest absolute Gasteiger partial charge is 0.494 e. The lowest BCUT2D eigenvalue weighted by molar-refractivity contribution is -0.384. The van der Waals surface area contributed by atoms with Gasteiger partial charge in [0, 0.05) is 49.4 Å². The van der Waals surface area contributed by atoms with Gasteiger partial charge in [0.1, 0.15) is 21.6 Å². The van der Waals surface area contributed by atoms with Gasteiger partial charge >= 0.3 is 5.97 Å². The van der Waals surface area contributed by atoms with Gasteiger partial charge in [-0.1, -0.05) is 13.8 Å². The van der Waals surface area contributed by atoms with Gasteiger partial charge in [-0.05, 0) is 48.6 Å². The first-order valence-electron chi connectivity index (χ1n) is 13.0. The van der Waals surface area contributed by atoms with E-state index in [0.717, 1.165) is 17.8 Å². The minimum atomic E-state index is -1.18. The number of fused-ring (bicyclic) bond motifs is 1. The number of ether oxygens (including phenoxy) is 1. The van der Waals surface area contributed by atoms with E-state index in [2.05, 4.69) is 41.1 Å². The molecule has 2 N–H and O–H groups in total. The average Bonchev–Trinajstić information content (AvgIpc) is 3.51. The zero-order chi connectivity index (χ0) is 29.6. The summed E-state index contributed by atoms with van der Waals surface area (Å²) in [6, 6.07) is 7.00. The fraction of sp³-hybridized carbons (Fsp3) is 0.407. The SMILES string of the molecule is COc1cc(N2CC[C@@H](N(C)C)C2)c([N+](=O)[O-])cc1Nc1ncc(C(=O)O)c(N2CC(C)(C)c3nc(Br)ccc32)n1. The number of carboxylic acids is 1. The number of carbonyl (C=O) groups is 1. The number of hydrogen-bond acceptors (Lipinski definition) is 11. The topological polar surface area (TPSA) is 150 Å². The van der Waals surface area contributed by atoms with Gasteiger partial charge in [-0.3, -0.25) is 10.1 Å². The molecular weight excluding hydrogens is 596 g/mol. The van der Waals surface area contributed by atoms with E-state index < -0.39 is 10.9 Å². The van der Waals surface area contributed by atoms with Crippen molar-refractivity contribution in [3.63, 3.8) is 0 Å². The Morgan fingerprint density at radius 2 is 2.02 bits per heavy atom. The summed E-state index contributed by atoms with van der Waals surface area (Å²) in [6.45, 7) is 5.83. The highest BCUT2D eigenvalue weighted by molar-refractivity contribution is 9.10. The molecule has 0 aliphatic carbocycles. The normalized spacial score (nSPS) is 17.6. The second-order valence-corrected chi connectivity index (χ2v) is 11.8. The molecule has 0 bridgehead atoms. The molecule has 216 valence electrons. The number of halogens is 1. The maximum Gasteiger partial charge on any atom is 0.341 e. The summed E-state index contributed by atoms with van der Waals surface area (Å²) < 4.78 is 6.29. The van der Waals surface area contributed by atoms with Crippen molar-refractivity contribution in [3.8, 4) is 5.75 Å². The van der Waals surface area contributed by atoms with Gasteiger partial charge in [-0.2, -0.15) is 4.98 Å². The molecule has 2 aliphatic heterocycles. The molecule has 0 unspecified atom stereocenters. The molecule has 4 heterocycles. The van der Waals surface area contributed by atoms with Gasteiger partial charge < -0.3 is 29.9 Å². The number of rotatable bonds is 8. The Kier molecular flexibility index (Phi) is 7.46. The van der Waals surface area contributed by atoms with E-state index in [1.54, 1.807) is 12.1 Å². The van der Waals surface area contributed by atoms with E-state index in [-0.39, 0.29) is 40.2 Å². The summed E-state index contributed by atoms with van der Waals surface area (Å²) in [6.07, 6.45) is 2.12. The molecule has 0 radical (unpaired) electrons. The van der Waals surface area contributed by atoms with Crippen molar-refractivity contribution in [1.82, 2.24) is 19.9 Å². The first-order chi connectivity index (χ1) is 19.4. The molecule has 1 saturated heterocycles. The number of methoxy groups -OCH3 is 1. The van der Waals surface area contributed by atoms with Gasteiger partial charge in [0.15, 0.2) is 5.82 Å². The van der Waals surface area contributed by atoms with Crippen LogP contribution in [0, 0.1) is 10.1 Å². The fourth-order valence-electron chi connectivity index (χ4n) is 5.40. The number of nitrogens with zero attached hydrogens (tertiary/aromatic N) is 7. The monoisotopic (exact) mass is 626 g/mol. The third-order valence-electron chi connectivity index (χ3n) is 7.55. The van der Waals surface area contributed by atoms with Gasteiger partial charge in [-0.25, -0.2) is 14.8 Å². The lowest BCUT2D eigenvalue weighted by Gasteiger charge is -2.23. The van der Waals surface area contributed by atoms with Crippen molar-refractivity contribution in [2.75, 3.05) is 56.0 Å². The fourth-order valence-corrected chi connectivity index (χ4v) is 5.71. The molecule has 0 amide bonds. The zero-order valence-electron chi connectivity index (χ0n) is 23.4. The molecular formula is C27H31BrN8O5. The van der Waals surface area contributed by atoms with E-state index in [1.807, 2.05) is 43.8 Å². The van der Waals surface area contributed by atoms with Crippen LogP contribution in [-0.4, -0.2) is 82.7 Å². The summed E-state index contributed by atoms with van der Waals surface area (Å²) in [5.41, 5.74) is 1.76. The third-order valence-corrected chi connectivity index (χ3v) is 8.00. The summed E-state index contributed by atoms with van der Waals surface area (Å²) in [7, 11) is 5.48. The van der Waals surface area contributed by atoms with Gasteiger partial charge in [-0.15, -0.1) is 0 Å². The lowest BCUT2D eigenvalue weighted by atomic mass is 9.91. The number of aromatic carboxylic acids is 1. The quantitative estimate of drug-likeness (QED) is 0.205. The number of aromatic nitrogens is 3. The number of hydrogen-bond donors (Lipinski definition) is 2. The molecule has 1 aromatic carbocycles. The molecule has 14 heteroatoms. The lowest BCUT2D eigenvalue weighted by Crippen LogP contribution is -2.31. The van der Waals surface area contributed by atoms with Crippen LogP contribution in [0.2, 0.25) is 0 Å². The van der Waals surface area contributed by atoms with E-state index in [0.29, 0.717) is 35.7 Å². The van der Waals surface area contributed by atoms with Crippen LogP contribution < -0.4 is 19.9 Å². The number of pyridine rings is 1. The van der Waals surface area contributed by atoms with Crippen LogP contribution in [0.4, 0.5) is 34.5 Å². The number of benzene rings is 1. The molecule has 0 saturated carbocycles. The maximum atomic E-state index is 12.2. The Balaban J connectivity index is 1.54. The Morgan fingerprint density at radius 1 is 1.27 bits per heavy atom. The average molecular weight is 628 g/mol. The van der Waals surface area contributed by atoms with Crippen LogP contribution in [0.25, 0.3) is 0 Å². The van der Waals surface area contributed by atoms with E-state index in [9.17, 15) is 20.0 Å². The predicted octanol–water partition coefficient (Wildman–Crippen LogP) is 4.56. The Hall–Kier alpha value is -4.04. The molecule has 5 rings (SSSR count). The van der Waals surface area contributed by atoms with Crippen LogP contribution in [0.1, 0.15) is 36.3 Å². The van der Waals surface area contributed by atoms with Crippen LogP contribution in [0.15, 0.2) is 35.1 Å². The third kappa shape index (κ3) is 5.36. The molecule has 2 aromatic heterocycles. The number of likely N-dealkylation sites (N-methyl/N-ethyl adjacent to an activating group) is 1. The summed E-state index contributed by atoms with van der Waals surface area (Å²) in [5.74, 6) is -0.562. The minimum Gasteiger partial charge on any atom is -0.494 e. The van der Waals surface area contributed by atoms with Crippen molar-refractivity contribution in [2.24, 2.45) is 0 Å². The highest BCUT2D eigenvalue weighted by Gasteiger charge is 2.40. The van der Waals surface area contributed by atoms with Crippen molar-refractivity contribution < 1.29 is 19.6 Å². The summed E-state index contributed by atoms with van der Waals surface area (Å²) in [5, 5.41) is 25.1. The zero-order valence-corrected chi connectivity index (χ0v) is 25.0. The van der Waals surface area contributed by atoms with Crippen LogP contribution in [0.5, 0.6) is 5.75 Å². The van der Waals surface area contributed by atoms with E-state index in [1.165, 1.54) is 19.4 Å². The van der Waals surface area contributed by atoms with E-state index in [4.69, 9.17) is 4.74 Å². The number of anilines is 5.